The van der Waals surface area contributed by atoms with Crippen molar-refractivity contribution in [3.8, 4) is 0 Å². The first-order valence-corrected chi connectivity index (χ1v) is 7.26. The average Bonchev–Trinajstić information content (AvgIpc) is 3.20. The molecule has 0 aromatic carbocycles. The van der Waals surface area contributed by atoms with Gasteiger partial charge in [0.15, 0.2) is 0 Å². The Morgan fingerprint density at radius 1 is 0.846 bits per heavy atom. The average molecular weight is 376 g/mol. The molecule has 13 heteroatoms. The van der Waals surface area contributed by atoms with Gasteiger partial charge < -0.3 is 14.9 Å². The maximum Gasteiger partial charge on any atom is 0.531 e. The minimum Gasteiger partial charge on any atom is -0.448 e. The van der Waals surface area contributed by atoms with E-state index in [1.807, 2.05) is 0 Å². The molecule has 0 bridgehead atoms. The van der Waals surface area contributed by atoms with Crippen LogP contribution in [0.15, 0.2) is 0 Å². The molecule has 0 aromatic heterocycles. The minimum absolute atomic E-state index is 0.0200. The number of imide groups is 2. The van der Waals surface area contributed by atoms with Crippen LogP contribution in [0.2, 0.25) is 0 Å². The van der Waals surface area contributed by atoms with Crippen molar-refractivity contribution in [1.29, 1.82) is 0 Å². The van der Waals surface area contributed by atoms with E-state index in [0.29, 0.717) is 6.10 Å². The maximum atomic E-state index is 10.6. The van der Waals surface area contributed by atoms with Gasteiger partial charge in [0.2, 0.25) is 0 Å². The maximum absolute atomic E-state index is 10.6. The molecule has 1 unspecified atom stereocenters. The number of hydrogen-bond acceptors (Lipinski definition) is 9. The third kappa shape index (κ3) is 7.12. The molecule has 0 radical (unpaired) electrons. The summed E-state index contributed by atoms with van der Waals surface area (Å²) in [5, 5.41) is 16.6. The lowest BCUT2D eigenvalue weighted by atomic mass is 10.4. The van der Waals surface area contributed by atoms with Gasteiger partial charge in [0.1, 0.15) is 0 Å². The Labute approximate surface area is 145 Å². The summed E-state index contributed by atoms with van der Waals surface area (Å²) in [5.74, 6) is -2.45. The van der Waals surface area contributed by atoms with E-state index < -0.39 is 35.9 Å². The SMILES string of the molecule is CC1CO1.O=C(O)ON1C(=O)CCC1=O.O=C(O)ON1C(=O)CCC1=O. The van der Waals surface area contributed by atoms with Crippen LogP contribution in [0.4, 0.5) is 9.59 Å². The zero-order valence-electron chi connectivity index (χ0n) is 13.6. The molecule has 0 aromatic rings. The van der Waals surface area contributed by atoms with Gasteiger partial charge in [-0.25, -0.2) is 9.59 Å². The second-order valence-electron chi connectivity index (χ2n) is 5.02. The molecule has 0 saturated carbocycles. The highest BCUT2D eigenvalue weighted by Crippen LogP contribution is 2.12. The van der Waals surface area contributed by atoms with Gasteiger partial charge in [-0.3, -0.25) is 28.9 Å². The van der Waals surface area contributed by atoms with Crippen molar-refractivity contribution in [3.63, 3.8) is 0 Å². The monoisotopic (exact) mass is 376 g/mol. The molecule has 0 aliphatic carbocycles. The number of rotatable bonds is 2. The van der Waals surface area contributed by atoms with Gasteiger partial charge in [-0.15, -0.1) is 0 Å². The van der Waals surface area contributed by atoms with Gasteiger partial charge in [0, 0.05) is 25.7 Å². The summed E-state index contributed by atoms with van der Waals surface area (Å²) in [6, 6.07) is 0. The molecule has 3 aliphatic rings. The van der Waals surface area contributed by atoms with E-state index in [9.17, 15) is 28.8 Å². The highest BCUT2D eigenvalue weighted by atomic mass is 16.8. The largest absolute Gasteiger partial charge is 0.531 e. The lowest BCUT2D eigenvalue weighted by molar-refractivity contribution is -0.176. The van der Waals surface area contributed by atoms with Crippen LogP contribution >= 0.6 is 0 Å². The van der Waals surface area contributed by atoms with Gasteiger partial charge in [0.25, 0.3) is 23.6 Å². The molecule has 3 heterocycles. The molecule has 3 aliphatic heterocycles. The van der Waals surface area contributed by atoms with Gasteiger partial charge in [-0.1, -0.05) is 10.1 Å². The molecule has 3 fully saturated rings. The molecular formula is C13H16N2O11. The van der Waals surface area contributed by atoms with E-state index >= 15 is 0 Å². The Morgan fingerprint density at radius 2 is 1.08 bits per heavy atom. The molecule has 13 nitrogen and oxygen atoms in total. The zero-order chi connectivity index (χ0) is 19.9. The summed E-state index contributed by atoms with van der Waals surface area (Å²) in [4.78, 5) is 70.1. The van der Waals surface area contributed by atoms with Crippen LogP contribution in [0.25, 0.3) is 0 Å². The summed E-state index contributed by atoms with van der Waals surface area (Å²) in [6.07, 6.45) is -2.65. The Hall–Kier alpha value is -3.22. The number of carbonyl (C=O) groups excluding carboxylic acids is 4. The quantitative estimate of drug-likeness (QED) is 0.485. The number of nitrogens with zero attached hydrogens (tertiary/aromatic N) is 2. The number of hydrogen-bond donors (Lipinski definition) is 2. The van der Waals surface area contributed by atoms with Crippen LogP contribution in [0.5, 0.6) is 0 Å². The molecule has 144 valence electrons. The van der Waals surface area contributed by atoms with E-state index in [4.69, 9.17) is 14.9 Å². The lowest BCUT2D eigenvalue weighted by Gasteiger charge is -2.08. The van der Waals surface area contributed by atoms with E-state index in [0.717, 1.165) is 6.61 Å². The Bertz CT molecular complexity index is 533. The summed E-state index contributed by atoms with van der Waals surface area (Å²) < 4.78 is 4.71. The predicted molar refractivity (Wildman–Crippen MR) is 75.8 cm³/mol. The van der Waals surface area contributed by atoms with Crippen molar-refractivity contribution in [3.05, 3.63) is 0 Å². The highest BCUT2D eigenvalue weighted by Gasteiger charge is 2.33. The normalized spacial score (nSPS) is 20.7. The van der Waals surface area contributed by atoms with Crippen LogP contribution in [0.3, 0.4) is 0 Å². The molecule has 1 atom stereocenters. The Balaban J connectivity index is 0.000000214. The Kier molecular flexibility index (Phi) is 7.46. The second kappa shape index (κ2) is 9.31. The van der Waals surface area contributed by atoms with Crippen molar-refractivity contribution < 1.29 is 53.4 Å². The fourth-order valence-electron chi connectivity index (χ4n) is 1.57. The number of amides is 4. The second-order valence-corrected chi connectivity index (χ2v) is 5.02. The molecule has 26 heavy (non-hydrogen) atoms. The molecular weight excluding hydrogens is 360 g/mol. The van der Waals surface area contributed by atoms with Crippen LogP contribution in [0.1, 0.15) is 32.6 Å². The van der Waals surface area contributed by atoms with E-state index in [-0.39, 0.29) is 35.8 Å². The van der Waals surface area contributed by atoms with Crippen molar-refractivity contribution in [2.45, 2.75) is 38.7 Å². The van der Waals surface area contributed by atoms with E-state index in [1.165, 1.54) is 0 Å². The molecule has 2 N–H and O–H groups in total. The first kappa shape index (κ1) is 20.8. The predicted octanol–water partition coefficient (Wildman–Crippen LogP) is -0.105. The third-order valence-electron chi connectivity index (χ3n) is 2.85. The number of hydroxylamine groups is 4. The van der Waals surface area contributed by atoms with E-state index in [2.05, 4.69) is 16.6 Å². The summed E-state index contributed by atoms with van der Waals surface area (Å²) in [5.41, 5.74) is 0. The highest BCUT2D eigenvalue weighted by molar-refractivity contribution is 6.01. The summed E-state index contributed by atoms with van der Waals surface area (Å²) in [7, 11) is 0. The fourth-order valence-corrected chi connectivity index (χ4v) is 1.57. The van der Waals surface area contributed by atoms with Gasteiger partial charge in [0.05, 0.1) is 12.7 Å². The minimum atomic E-state index is -1.66. The summed E-state index contributed by atoms with van der Waals surface area (Å²) in [6.45, 7) is 3.04. The number of epoxide rings is 1. The van der Waals surface area contributed by atoms with E-state index in [1.54, 1.807) is 0 Å². The first-order chi connectivity index (χ1) is 12.1. The van der Waals surface area contributed by atoms with Gasteiger partial charge >= 0.3 is 12.3 Å². The number of ether oxygens (including phenoxy) is 1. The van der Waals surface area contributed by atoms with Crippen LogP contribution in [-0.4, -0.2) is 69.0 Å². The van der Waals surface area contributed by atoms with Crippen molar-refractivity contribution in [2.24, 2.45) is 0 Å². The molecule has 4 amide bonds. The van der Waals surface area contributed by atoms with Crippen LogP contribution in [-0.2, 0) is 33.6 Å². The van der Waals surface area contributed by atoms with Gasteiger partial charge in [-0.2, -0.15) is 0 Å². The molecule has 0 spiro atoms. The van der Waals surface area contributed by atoms with Crippen molar-refractivity contribution in [2.75, 3.05) is 6.61 Å². The Morgan fingerprint density at radius 3 is 1.23 bits per heavy atom. The zero-order valence-corrected chi connectivity index (χ0v) is 13.6. The van der Waals surface area contributed by atoms with Crippen molar-refractivity contribution >= 4 is 35.9 Å². The topological polar surface area (TPSA) is 180 Å². The first-order valence-electron chi connectivity index (χ1n) is 7.26. The number of carboxylic acid groups (broad SMARTS) is 2. The fraction of sp³-hybridized carbons (Fsp3) is 0.538. The summed E-state index contributed by atoms with van der Waals surface area (Å²) >= 11 is 0. The lowest BCUT2D eigenvalue weighted by Crippen LogP contribution is -2.31. The standard InChI is InChI=1S/2C5H5NO5.C3H6O/c2*7-3-1-2-4(8)6(3)11-5(9)10;1-3-2-4-3/h2*1-2H2,(H,9,10);3H,2H2,1H3. The van der Waals surface area contributed by atoms with Crippen LogP contribution < -0.4 is 0 Å². The van der Waals surface area contributed by atoms with Crippen LogP contribution in [0, 0.1) is 0 Å². The molecule has 3 rings (SSSR count). The number of carbonyl (C=O) groups is 6. The smallest absolute Gasteiger partial charge is 0.448 e. The third-order valence-corrected chi connectivity index (χ3v) is 2.85. The van der Waals surface area contributed by atoms with Crippen molar-refractivity contribution in [1.82, 2.24) is 10.1 Å². The van der Waals surface area contributed by atoms with Gasteiger partial charge in [-0.05, 0) is 6.92 Å². The molecule has 3 saturated heterocycles.